The van der Waals surface area contributed by atoms with Crippen LogP contribution in [0.4, 0.5) is 10.6 Å². The molecule has 0 saturated heterocycles. The van der Waals surface area contributed by atoms with Crippen molar-refractivity contribution in [3.05, 3.63) is 78.1 Å². The second-order valence-corrected chi connectivity index (χ2v) is 12.4. The number of carbonyl (C=O) groups is 2. The Morgan fingerprint density at radius 3 is 2.54 bits per heavy atom. The number of benzene rings is 2. The van der Waals surface area contributed by atoms with Gasteiger partial charge in [-0.2, -0.15) is 0 Å². The van der Waals surface area contributed by atoms with E-state index in [1.807, 2.05) is 61.5 Å². The van der Waals surface area contributed by atoms with Crippen LogP contribution in [0.5, 0.6) is 0 Å². The Hall–Kier alpha value is -4.48. The van der Waals surface area contributed by atoms with Gasteiger partial charge in [0, 0.05) is 32.3 Å². The SMILES string of the molecule is C[C@@H](OC(=O)Nc1c(-c2cc3sc(-c4ccc5occ(C6(C(=O)O)CC6)c5c4)cc3s2)nnn1C)c1ccccc1. The number of carbonyl (C=O) groups excluding carboxylic acids is 1. The van der Waals surface area contributed by atoms with Gasteiger partial charge in [-0.1, -0.05) is 35.5 Å². The number of amides is 1. The molecule has 206 valence electrons. The molecule has 6 aromatic rings. The van der Waals surface area contributed by atoms with Gasteiger partial charge >= 0.3 is 12.1 Å². The van der Waals surface area contributed by atoms with Crippen molar-refractivity contribution in [2.45, 2.75) is 31.3 Å². The molecule has 0 spiro atoms. The zero-order chi connectivity index (χ0) is 28.3. The lowest BCUT2D eigenvalue weighted by molar-refractivity contribution is -0.140. The Morgan fingerprint density at radius 2 is 1.80 bits per heavy atom. The molecule has 2 N–H and O–H groups in total. The highest BCUT2D eigenvalue weighted by atomic mass is 32.1. The molecule has 9 nitrogen and oxygen atoms in total. The minimum atomic E-state index is -0.830. The first-order valence-corrected chi connectivity index (χ1v) is 14.7. The molecule has 7 rings (SSSR count). The first kappa shape index (κ1) is 25.5. The van der Waals surface area contributed by atoms with Crippen LogP contribution in [-0.2, 0) is 22.0 Å². The Morgan fingerprint density at radius 1 is 1.07 bits per heavy atom. The van der Waals surface area contributed by atoms with Gasteiger partial charge in [-0.3, -0.25) is 10.1 Å². The van der Waals surface area contributed by atoms with E-state index < -0.39 is 23.6 Å². The zero-order valence-electron chi connectivity index (χ0n) is 22.1. The van der Waals surface area contributed by atoms with E-state index in [2.05, 4.69) is 21.7 Å². The van der Waals surface area contributed by atoms with Gasteiger partial charge in [-0.25, -0.2) is 9.48 Å². The number of anilines is 1. The number of ether oxygens (including phenoxy) is 1. The first-order chi connectivity index (χ1) is 19.8. The third-order valence-corrected chi connectivity index (χ3v) is 9.92. The number of fused-ring (bicyclic) bond motifs is 2. The van der Waals surface area contributed by atoms with E-state index in [1.54, 1.807) is 36.0 Å². The molecule has 2 aromatic carbocycles. The predicted molar refractivity (Wildman–Crippen MR) is 158 cm³/mol. The molecule has 41 heavy (non-hydrogen) atoms. The summed E-state index contributed by atoms with van der Waals surface area (Å²) in [5, 5.41) is 21.9. The number of aromatic nitrogens is 3. The van der Waals surface area contributed by atoms with E-state index in [-0.39, 0.29) is 0 Å². The van der Waals surface area contributed by atoms with Crippen molar-refractivity contribution in [2.24, 2.45) is 7.05 Å². The standard InChI is InChI=1S/C30H24N4O5S2/c1-16(17-6-4-3-5-7-17)39-29(37)31-27-26(32-33-34(27)2)25-14-24-23(41-25)13-22(40-24)18-8-9-21-19(12-18)20(15-38-21)30(10-11-30)28(35)36/h3-9,12-16H,10-11H2,1-2H3,(H,31,37)(H,35,36)/t16-/m1/s1. The summed E-state index contributed by atoms with van der Waals surface area (Å²) >= 11 is 3.21. The molecular weight excluding hydrogens is 560 g/mol. The summed E-state index contributed by atoms with van der Waals surface area (Å²) < 4.78 is 15.0. The summed E-state index contributed by atoms with van der Waals surface area (Å²) in [4.78, 5) is 26.6. The van der Waals surface area contributed by atoms with Gasteiger partial charge in [-0.15, -0.1) is 27.8 Å². The molecule has 0 bridgehead atoms. The molecule has 1 atom stereocenters. The van der Waals surface area contributed by atoms with Crippen molar-refractivity contribution in [3.8, 4) is 21.0 Å². The lowest BCUT2D eigenvalue weighted by atomic mass is 9.95. The second kappa shape index (κ2) is 9.57. The molecule has 4 aromatic heterocycles. The van der Waals surface area contributed by atoms with Crippen molar-refractivity contribution < 1.29 is 23.8 Å². The summed E-state index contributed by atoms with van der Waals surface area (Å²) in [6, 6.07) is 19.6. The van der Waals surface area contributed by atoms with Crippen molar-refractivity contribution in [3.63, 3.8) is 0 Å². The van der Waals surface area contributed by atoms with E-state index in [0.29, 0.717) is 29.9 Å². The van der Waals surface area contributed by atoms with E-state index >= 15 is 0 Å². The smallest absolute Gasteiger partial charge is 0.413 e. The quantitative estimate of drug-likeness (QED) is 0.198. The van der Waals surface area contributed by atoms with Crippen molar-refractivity contribution in [1.29, 1.82) is 0 Å². The lowest BCUT2D eigenvalue weighted by Crippen LogP contribution is -2.18. The van der Waals surface area contributed by atoms with Crippen molar-refractivity contribution >= 4 is 60.9 Å². The molecule has 1 fully saturated rings. The van der Waals surface area contributed by atoms with Crippen LogP contribution in [0.3, 0.4) is 0 Å². The minimum absolute atomic E-state index is 0.414. The topological polar surface area (TPSA) is 119 Å². The Bertz CT molecular complexity index is 1920. The highest BCUT2D eigenvalue weighted by Gasteiger charge is 2.53. The van der Waals surface area contributed by atoms with Gasteiger partial charge in [0.25, 0.3) is 0 Å². The van der Waals surface area contributed by atoms with Crippen LogP contribution in [0.2, 0.25) is 0 Å². The number of aryl methyl sites for hydroxylation is 1. The second-order valence-electron chi connectivity index (χ2n) is 10.2. The van der Waals surface area contributed by atoms with Gasteiger partial charge in [0.1, 0.15) is 17.4 Å². The van der Waals surface area contributed by atoms with Crippen LogP contribution in [-0.4, -0.2) is 32.2 Å². The number of furan rings is 1. The number of aliphatic carboxylic acids is 1. The van der Waals surface area contributed by atoms with Crippen molar-refractivity contribution in [2.75, 3.05) is 5.32 Å². The molecule has 1 aliphatic rings. The number of hydrogen-bond donors (Lipinski definition) is 2. The number of thiophene rings is 2. The molecule has 1 amide bonds. The first-order valence-electron chi connectivity index (χ1n) is 13.0. The lowest BCUT2D eigenvalue weighted by Gasteiger charge is -2.14. The molecule has 11 heteroatoms. The normalized spacial score (nSPS) is 14.8. The number of carboxylic acids is 1. The third-order valence-electron chi connectivity index (χ3n) is 7.57. The molecular formula is C30H24N4O5S2. The van der Waals surface area contributed by atoms with Crippen LogP contribution in [0.25, 0.3) is 41.4 Å². The average molecular weight is 585 g/mol. The summed E-state index contributed by atoms with van der Waals surface area (Å²) in [6.45, 7) is 1.82. The van der Waals surface area contributed by atoms with Gasteiger partial charge in [0.05, 0.1) is 16.6 Å². The molecule has 1 saturated carbocycles. The maximum absolute atomic E-state index is 12.7. The highest BCUT2D eigenvalue weighted by Crippen LogP contribution is 2.52. The van der Waals surface area contributed by atoms with E-state index in [1.165, 1.54) is 4.68 Å². The average Bonchev–Trinajstić information content (AvgIpc) is 3.21. The number of nitrogens with one attached hydrogen (secondary N) is 1. The maximum Gasteiger partial charge on any atom is 0.413 e. The van der Waals surface area contributed by atoms with Gasteiger partial charge in [-0.05, 0) is 61.2 Å². The Kier molecular flexibility index (Phi) is 5.95. The largest absolute Gasteiger partial charge is 0.481 e. The van der Waals surface area contributed by atoms with Gasteiger partial charge in [0.15, 0.2) is 5.82 Å². The Labute approximate surface area is 242 Å². The zero-order valence-corrected chi connectivity index (χ0v) is 23.7. The molecule has 0 radical (unpaired) electrons. The van der Waals surface area contributed by atoms with E-state index in [9.17, 15) is 14.7 Å². The molecule has 4 heterocycles. The van der Waals surface area contributed by atoms with Crippen LogP contribution in [0.1, 0.15) is 37.0 Å². The summed E-state index contributed by atoms with van der Waals surface area (Å²) in [5.74, 6) is -0.346. The van der Waals surface area contributed by atoms with Crippen LogP contribution >= 0.6 is 22.7 Å². The number of rotatable bonds is 7. The molecule has 0 aliphatic heterocycles. The number of hydrogen-bond acceptors (Lipinski definition) is 8. The fourth-order valence-corrected chi connectivity index (χ4v) is 7.49. The Balaban J connectivity index is 1.14. The summed E-state index contributed by atoms with van der Waals surface area (Å²) in [6.07, 6.45) is 1.85. The van der Waals surface area contributed by atoms with Crippen LogP contribution in [0.15, 0.2) is 71.3 Å². The number of carboxylic acid groups (broad SMARTS) is 1. The highest BCUT2D eigenvalue weighted by molar-refractivity contribution is 7.31. The van der Waals surface area contributed by atoms with Crippen LogP contribution in [0, 0.1) is 0 Å². The van der Waals surface area contributed by atoms with E-state index in [0.717, 1.165) is 41.2 Å². The predicted octanol–water partition coefficient (Wildman–Crippen LogP) is 7.60. The number of nitrogens with zero attached hydrogens (tertiary/aromatic N) is 3. The van der Waals surface area contributed by atoms with Gasteiger partial charge < -0.3 is 14.3 Å². The minimum Gasteiger partial charge on any atom is -0.481 e. The van der Waals surface area contributed by atoms with Crippen molar-refractivity contribution in [1.82, 2.24) is 15.0 Å². The summed E-state index contributed by atoms with van der Waals surface area (Å²) in [5.41, 5.74) is 3.09. The fraction of sp³-hybridized carbons (Fsp3) is 0.200. The van der Waals surface area contributed by atoms with E-state index in [4.69, 9.17) is 9.15 Å². The maximum atomic E-state index is 12.7. The van der Waals surface area contributed by atoms with Gasteiger partial charge in [0.2, 0.25) is 0 Å². The third kappa shape index (κ3) is 4.37. The van der Waals surface area contributed by atoms with Crippen LogP contribution < -0.4 is 5.32 Å². The fourth-order valence-electron chi connectivity index (χ4n) is 5.11. The molecule has 0 unspecified atom stereocenters. The summed E-state index contributed by atoms with van der Waals surface area (Å²) in [7, 11) is 1.72. The molecule has 1 aliphatic carbocycles. The monoisotopic (exact) mass is 584 g/mol.